The second kappa shape index (κ2) is 5.21. The van der Waals surface area contributed by atoms with E-state index in [0.717, 1.165) is 6.21 Å². The van der Waals surface area contributed by atoms with E-state index in [0.29, 0.717) is 16.5 Å². The van der Waals surface area contributed by atoms with Gasteiger partial charge >= 0.3 is 0 Å². The van der Waals surface area contributed by atoms with Crippen LogP contribution in [0.5, 0.6) is 5.75 Å². The lowest BCUT2D eigenvalue weighted by Crippen LogP contribution is -2.12. The highest BCUT2D eigenvalue weighted by atomic mass is 35.5. The van der Waals surface area contributed by atoms with Gasteiger partial charge in [0.15, 0.2) is 0 Å². The van der Waals surface area contributed by atoms with Crippen molar-refractivity contribution in [2.24, 2.45) is 5.16 Å². The standard InChI is InChI=1S/C9H9ClN2O3/c1-15-6-2-3-7(10)8(4-6)12-9(13)5-11-14/h2-5,14H,1H3,(H,12,13). The fourth-order valence-corrected chi connectivity index (χ4v) is 1.11. The van der Waals surface area contributed by atoms with Gasteiger partial charge in [-0.1, -0.05) is 16.8 Å². The molecule has 1 amide bonds. The topological polar surface area (TPSA) is 70.9 Å². The maximum atomic E-state index is 11.0. The quantitative estimate of drug-likeness (QED) is 0.470. The third-order valence-electron chi connectivity index (χ3n) is 1.61. The van der Waals surface area contributed by atoms with Crippen LogP contribution in [0.2, 0.25) is 5.02 Å². The highest BCUT2D eigenvalue weighted by Gasteiger charge is 2.05. The summed E-state index contributed by atoms with van der Waals surface area (Å²) in [6, 6.07) is 4.82. The van der Waals surface area contributed by atoms with E-state index in [1.165, 1.54) is 7.11 Å². The van der Waals surface area contributed by atoms with Gasteiger partial charge in [-0.05, 0) is 12.1 Å². The highest BCUT2D eigenvalue weighted by molar-refractivity contribution is 6.36. The zero-order chi connectivity index (χ0) is 11.3. The maximum Gasteiger partial charge on any atom is 0.270 e. The lowest BCUT2D eigenvalue weighted by Gasteiger charge is -2.06. The van der Waals surface area contributed by atoms with Gasteiger partial charge < -0.3 is 15.3 Å². The first-order chi connectivity index (χ1) is 7.17. The Morgan fingerprint density at radius 2 is 2.40 bits per heavy atom. The van der Waals surface area contributed by atoms with Crippen LogP contribution in [0.1, 0.15) is 0 Å². The molecule has 1 aromatic carbocycles. The smallest absolute Gasteiger partial charge is 0.270 e. The number of halogens is 1. The first-order valence-corrected chi connectivity index (χ1v) is 4.37. The minimum absolute atomic E-state index is 0.371. The molecule has 5 nitrogen and oxygen atoms in total. The summed E-state index contributed by atoms with van der Waals surface area (Å²) in [5.74, 6) is -0.0108. The lowest BCUT2D eigenvalue weighted by molar-refractivity contribution is -0.110. The molecule has 0 saturated carbocycles. The monoisotopic (exact) mass is 228 g/mol. The summed E-state index contributed by atoms with van der Waals surface area (Å²) in [7, 11) is 1.50. The maximum absolute atomic E-state index is 11.0. The number of benzene rings is 1. The van der Waals surface area contributed by atoms with Crippen molar-refractivity contribution in [2.75, 3.05) is 12.4 Å². The molecule has 0 aliphatic rings. The van der Waals surface area contributed by atoms with E-state index in [1.807, 2.05) is 0 Å². The minimum Gasteiger partial charge on any atom is -0.497 e. The van der Waals surface area contributed by atoms with Gasteiger partial charge in [0.2, 0.25) is 0 Å². The molecule has 80 valence electrons. The second-order valence-electron chi connectivity index (χ2n) is 2.58. The molecule has 0 heterocycles. The molecule has 2 N–H and O–H groups in total. The molecule has 6 heteroatoms. The molecule has 0 atom stereocenters. The Balaban J connectivity index is 2.88. The van der Waals surface area contributed by atoms with Gasteiger partial charge in [0.1, 0.15) is 12.0 Å². The summed E-state index contributed by atoms with van der Waals surface area (Å²) in [4.78, 5) is 11.0. The first kappa shape index (κ1) is 11.3. The van der Waals surface area contributed by atoms with Crippen molar-refractivity contribution in [3.8, 4) is 5.75 Å². The van der Waals surface area contributed by atoms with Crippen LogP contribution in [-0.4, -0.2) is 24.4 Å². The van der Waals surface area contributed by atoms with Crippen molar-refractivity contribution < 1.29 is 14.7 Å². The Kier molecular flexibility index (Phi) is 3.93. The number of ether oxygens (including phenoxy) is 1. The number of carbonyl (C=O) groups excluding carboxylic acids is 1. The van der Waals surface area contributed by atoms with Crippen LogP contribution in [0, 0.1) is 0 Å². The van der Waals surface area contributed by atoms with E-state index in [-0.39, 0.29) is 0 Å². The van der Waals surface area contributed by atoms with Gasteiger partial charge in [0, 0.05) is 6.07 Å². The van der Waals surface area contributed by atoms with Gasteiger partial charge in [-0.25, -0.2) is 0 Å². The summed E-state index contributed by atoms with van der Waals surface area (Å²) >= 11 is 5.82. The number of anilines is 1. The fourth-order valence-electron chi connectivity index (χ4n) is 0.945. The predicted molar refractivity (Wildman–Crippen MR) is 56.9 cm³/mol. The van der Waals surface area contributed by atoms with E-state index in [4.69, 9.17) is 21.5 Å². The van der Waals surface area contributed by atoms with Crippen molar-refractivity contribution >= 4 is 29.4 Å². The average molecular weight is 229 g/mol. The van der Waals surface area contributed by atoms with E-state index < -0.39 is 5.91 Å². The number of rotatable bonds is 3. The summed E-state index contributed by atoms with van der Waals surface area (Å²) in [5, 5.41) is 13.5. The van der Waals surface area contributed by atoms with Crippen LogP contribution in [0.15, 0.2) is 23.4 Å². The summed E-state index contributed by atoms with van der Waals surface area (Å²) in [6.07, 6.45) is 0.732. The van der Waals surface area contributed by atoms with Gasteiger partial charge in [0.05, 0.1) is 17.8 Å². The number of hydrogen-bond donors (Lipinski definition) is 2. The number of methoxy groups -OCH3 is 1. The SMILES string of the molecule is COc1ccc(Cl)c(NC(=O)C=NO)c1. The van der Waals surface area contributed by atoms with Crippen LogP contribution in [-0.2, 0) is 4.79 Å². The molecule has 0 aliphatic carbocycles. The Bertz CT molecular complexity index is 393. The van der Waals surface area contributed by atoms with Gasteiger partial charge in [0.25, 0.3) is 5.91 Å². The molecular weight excluding hydrogens is 220 g/mol. The summed E-state index contributed by atoms with van der Waals surface area (Å²) in [5.41, 5.74) is 0.390. The predicted octanol–water partition coefficient (Wildman–Crippen LogP) is 1.75. The molecule has 0 fully saturated rings. The molecule has 0 bridgehead atoms. The van der Waals surface area contributed by atoms with Crippen LogP contribution >= 0.6 is 11.6 Å². The van der Waals surface area contributed by atoms with E-state index in [1.54, 1.807) is 18.2 Å². The number of oxime groups is 1. The Morgan fingerprint density at radius 3 is 3.00 bits per heavy atom. The molecule has 1 rings (SSSR count). The van der Waals surface area contributed by atoms with Crippen molar-refractivity contribution in [3.05, 3.63) is 23.2 Å². The van der Waals surface area contributed by atoms with E-state index in [2.05, 4.69) is 10.5 Å². The Labute approximate surface area is 91.3 Å². The molecule has 0 aromatic heterocycles. The number of nitrogens with zero attached hydrogens (tertiary/aromatic N) is 1. The highest BCUT2D eigenvalue weighted by Crippen LogP contribution is 2.26. The molecule has 15 heavy (non-hydrogen) atoms. The van der Waals surface area contributed by atoms with Crippen molar-refractivity contribution in [1.82, 2.24) is 0 Å². The third-order valence-corrected chi connectivity index (χ3v) is 1.94. The molecule has 0 spiro atoms. The largest absolute Gasteiger partial charge is 0.497 e. The number of hydrogen-bond acceptors (Lipinski definition) is 4. The zero-order valence-electron chi connectivity index (χ0n) is 7.90. The molecule has 1 aromatic rings. The van der Waals surface area contributed by atoms with E-state index in [9.17, 15) is 4.79 Å². The normalized spacial score (nSPS) is 10.3. The molecule has 0 unspecified atom stereocenters. The van der Waals surface area contributed by atoms with Crippen molar-refractivity contribution in [2.45, 2.75) is 0 Å². The Morgan fingerprint density at radius 1 is 1.67 bits per heavy atom. The number of nitrogens with one attached hydrogen (secondary N) is 1. The minimum atomic E-state index is -0.576. The van der Waals surface area contributed by atoms with E-state index >= 15 is 0 Å². The molecule has 0 aliphatic heterocycles. The number of carbonyl (C=O) groups is 1. The molecule has 0 radical (unpaired) electrons. The Hall–Kier alpha value is -1.75. The zero-order valence-corrected chi connectivity index (χ0v) is 8.65. The van der Waals surface area contributed by atoms with Crippen molar-refractivity contribution in [3.63, 3.8) is 0 Å². The fraction of sp³-hybridized carbons (Fsp3) is 0.111. The second-order valence-corrected chi connectivity index (χ2v) is 2.99. The van der Waals surface area contributed by atoms with Crippen molar-refractivity contribution in [1.29, 1.82) is 0 Å². The van der Waals surface area contributed by atoms with Gasteiger partial charge in [-0.3, -0.25) is 4.79 Å². The average Bonchev–Trinajstić information content (AvgIpc) is 2.21. The molecular formula is C9H9ClN2O3. The van der Waals surface area contributed by atoms with Crippen LogP contribution in [0.3, 0.4) is 0 Å². The van der Waals surface area contributed by atoms with Crippen LogP contribution < -0.4 is 10.1 Å². The van der Waals surface area contributed by atoms with Crippen LogP contribution in [0.4, 0.5) is 5.69 Å². The third kappa shape index (κ3) is 3.14. The lowest BCUT2D eigenvalue weighted by atomic mass is 10.3. The number of amides is 1. The van der Waals surface area contributed by atoms with Crippen LogP contribution in [0.25, 0.3) is 0 Å². The van der Waals surface area contributed by atoms with Gasteiger partial charge in [-0.15, -0.1) is 0 Å². The molecule has 0 saturated heterocycles. The first-order valence-electron chi connectivity index (χ1n) is 3.99. The summed E-state index contributed by atoms with van der Waals surface area (Å²) < 4.78 is 4.96. The van der Waals surface area contributed by atoms with Gasteiger partial charge in [-0.2, -0.15) is 0 Å². The summed E-state index contributed by atoms with van der Waals surface area (Å²) in [6.45, 7) is 0.